The van der Waals surface area contributed by atoms with E-state index in [1.165, 1.54) is 0 Å². The van der Waals surface area contributed by atoms with Crippen LogP contribution in [0.4, 0.5) is 11.8 Å². The zero-order chi connectivity index (χ0) is 20.1. The van der Waals surface area contributed by atoms with Gasteiger partial charge < -0.3 is 25.0 Å². The SMILES string of the molecule is CN=C(NCc1cnc(N(C)C)n1C)NC1CCN(c2cccc(C)n2)CC1.I. The monoisotopic (exact) mass is 512 g/mol. The highest BCUT2D eigenvalue weighted by Crippen LogP contribution is 2.18. The van der Waals surface area contributed by atoms with Crippen molar-refractivity contribution in [3.8, 4) is 0 Å². The minimum absolute atomic E-state index is 0. The standard InChI is InChI=1S/C20H32N8.HI/c1-15-7-6-8-18(24-15)28-11-9-16(10-12-28)25-19(21-2)22-13-17-14-23-20(26(3)4)27(17)5;/h6-8,14,16H,9-13H2,1-5H3,(H2,21,22,25);1H. The Labute approximate surface area is 190 Å². The first-order chi connectivity index (χ1) is 13.5. The minimum atomic E-state index is 0. The number of hydrogen-bond donors (Lipinski definition) is 2. The van der Waals surface area contributed by atoms with Crippen molar-refractivity contribution in [2.45, 2.75) is 32.4 Å². The molecule has 0 aromatic carbocycles. The molecule has 1 aliphatic rings. The Morgan fingerprint density at radius 1 is 1.28 bits per heavy atom. The maximum absolute atomic E-state index is 4.64. The summed E-state index contributed by atoms with van der Waals surface area (Å²) in [6.45, 7) is 4.72. The van der Waals surface area contributed by atoms with Crippen molar-refractivity contribution in [1.29, 1.82) is 0 Å². The van der Waals surface area contributed by atoms with Gasteiger partial charge >= 0.3 is 0 Å². The number of aliphatic imine (C=N–C) groups is 1. The first kappa shape index (κ1) is 23.2. The molecule has 0 amide bonds. The van der Waals surface area contributed by atoms with E-state index in [1.54, 1.807) is 0 Å². The number of nitrogens with zero attached hydrogens (tertiary/aromatic N) is 6. The smallest absolute Gasteiger partial charge is 0.204 e. The van der Waals surface area contributed by atoms with Gasteiger partial charge in [-0.2, -0.15) is 0 Å². The van der Waals surface area contributed by atoms with Gasteiger partial charge in [0, 0.05) is 53.0 Å². The topological polar surface area (TPSA) is 73.6 Å². The molecule has 1 aliphatic heterocycles. The van der Waals surface area contributed by atoms with Crippen LogP contribution >= 0.6 is 24.0 Å². The van der Waals surface area contributed by atoms with Gasteiger partial charge in [0.15, 0.2) is 5.96 Å². The van der Waals surface area contributed by atoms with Crippen molar-refractivity contribution in [2.24, 2.45) is 12.0 Å². The number of rotatable bonds is 5. The van der Waals surface area contributed by atoms with Crippen LogP contribution in [0.3, 0.4) is 0 Å². The molecule has 0 atom stereocenters. The van der Waals surface area contributed by atoms with Crippen molar-refractivity contribution >= 4 is 41.7 Å². The number of halogens is 1. The molecule has 160 valence electrons. The van der Waals surface area contributed by atoms with E-state index in [1.807, 2.05) is 52.3 Å². The first-order valence-corrected chi connectivity index (χ1v) is 9.81. The van der Waals surface area contributed by atoms with Crippen LogP contribution in [0.15, 0.2) is 29.4 Å². The number of aromatic nitrogens is 3. The third-order valence-electron chi connectivity index (χ3n) is 5.15. The lowest BCUT2D eigenvalue weighted by Crippen LogP contribution is -2.48. The summed E-state index contributed by atoms with van der Waals surface area (Å²) in [4.78, 5) is 17.9. The van der Waals surface area contributed by atoms with Crippen molar-refractivity contribution in [3.05, 3.63) is 35.8 Å². The van der Waals surface area contributed by atoms with Crippen molar-refractivity contribution in [3.63, 3.8) is 0 Å². The summed E-state index contributed by atoms with van der Waals surface area (Å²) >= 11 is 0. The average molecular weight is 512 g/mol. The summed E-state index contributed by atoms with van der Waals surface area (Å²) < 4.78 is 2.09. The number of hydrogen-bond acceptors (Lipinski definition) is 5. The summed E-state index contributed by atoms with van der Waals surface area (Å²) in [7, 11) is 7.84. The van der Waals surface area contributed by atoms with Crippen LogP contribution < -0.4 is 20.4 Å². The van der Waals surface area contributed by atoms with Gasteiger partial charge in [0.2, 0.25) is 5.95 Å². The van der Waals surface area contributed by atoms with Gasteiger partial charge in [0.05, 0.1) is 18.4 Å². The van der Waals surface area contributed by atoms with Gasteiger partial charge in [-0.1, -0.05) is 6.07 Å². The summed E-state index contributed by atoms with van der Waals surface area (Å²) in [6.07, 6.45) is 4.03. The van der Waals surface area contributed by atoms with Gasteiger partial charge in [-0.05, 0) is 31.9 Å². The zero-order valence-corrected chi connectivity index (χ0v) is 20.3. The third-order valence-corrected chi connectivity index (χ3v) is 5.15. The Hall–Kier alpha value is -2.04. The lowest BCUT2D eigenvalue weighted by Gasteiger charge is -2.34. The molecule has 3 heterocycles. The van der Waals surface area contributed by atoms with Gasteiger partial charge in [-0.3, -0.25) is 4.99 Å². The summed E-state index contributed by atoms with van der Waals surface area (Å²) in [5, 5.41) is 6.97. The van der Waals surface area contributed by atoms with E-state index >= 15 is 0 Å². The molecular formula is C20H33IN8. The Balaban J connectivity index is 0.00000300. The molecule has 9 heteroatoms. The highest BCUT2D eigenvalue weighted by molar-refractivity contribution is 14.0. The normalized spacial score (nSPS) is 15.1. The Morgan fingerprint density at radius 2 is 2.00 bits per heavy atom. The minimum Gasteiger partial charge on any atom is -0.356 e. The quantitative estimate of drug-likeness (QED) is 0.364. The number of anilines is 2. The average Bonchev–Trinajstić information content (AvgIpc) is 3.06. The number of imidazole rings is 1. The largest absolute Gasteiger partial charge is 0.356 e. The molecule has 3 rings (SSSR count). The van der Waals surface area contributed by atoms with Crippen LogP contribution in [-0.2, 0) is 13.6 Å². The highest BCUT2D eigenvalue weighted by Gasteiger charge is 2.21. The van der Waals surface area contributed by atoms with E-state index in [4.69, 9.17) is 0 Å². The van der Waals surface area contributed by atoms with Crippen molar-refractivity contribution in [2.75, 3.05) is 44.0 Å². The van der Waals surface area contributed by atoms with E-state index < -0.39 is 0 Å². The van der Waals surface area contributed by atoms with Crippen LogP contribution in [0.5, 0.6) is 0 Å². The zero-order valence-electron chi connectivity index (χ0n) is 18.0. The number of pyridine rings is 1. The predicted octanol–water partition coefficient (Wildman–Crippen LogP) is 2.14. The molecule has 1 fully saturated rings. The Bertz CT molecular complexity index is 809. The fourth-order valence-corrected chi connectivity index (χ4v) is 3.53. The first-order valence-electron chi connectivity index (χ1n) is 9.81. The molecule has 8 nitrogen and oxygen atoms in total. The van der Waals surface area contributed by atoms with Gasteiger partial charge in [0.1, 0.15) is 5.82 Å². The molecule has 29 heavy (non-hydrogen) atoms. The molecule has 2 aromatic heterocycles. The van der Waals surface area contributed by atoms with Crippen LogP contribution in [0.25, 0.3) is 0 Å². The second kappa shape index (κ2) is 10.7. The molecule has 0 saturated carbocycles. The van der Waals surface area contributed by atoms with Crippen LogP contribution in [-0.4, -0.2) is 60.8 Å². The maximum atomic E-state index is 4.64. The fourth-order valence-electron chi connectivity index (χ4n) is 3.53. The van der Waals surface area contributed by atoms with Gasteiger partial charge in [0.25, 0.3) is 0 Å². The molecule has 2 aromatic rings. The summed E-state index contributed by atoms with van der Waals surface area (Å²) in [5.74, 6) is 2.85. The fraction of sp³-hybridized carbons (Fsp3) is 0.550. The maximum Gasteiger partial charge on any atom is 0.204 e. The number of nitrogens with one attached hydrogen (secondary N) is 2. The number of guanidine groups is 1. The molecule has 0 bridgehead atoms. The second-order valence-electron chi connectivity index (χ2n) is 7.47. The molecule has 2 N–H and O–H groups in total. The van der Waals surface area contributed by atoms with Crippen LogP contribution in [0, 0.1) is 6.92 Å². The lowest BCUT2D eigenvalue weighted by atomic mass is 10.1. The highest BCUT2D eigenvalue weighted by atomic mass is 127. The Morgan fingerprint density at radius 3 is 2.59 bits per heavy atom. The lowest BCUT2D eigenvalue weighted by molar-refractivity contribution is 0.459. The van der Waals surface area contributed by atoms with Crippen LogP contribution in [0.2, 0.25) is 0 Å². The van der Waals surface area contributed by atoms with E-state index in [0.29, 0.717) is 12.6 Å². The predicted molar refractivity (Wildman–Crippen MR) is 130 cm³/mol. The molecule has 1 saturated heterocycles. The number of piperidine rings is 1. The van der Waals surface area contributed by atoms with Crippen LogP contribution in [0.1, 0.15) is 24.2 Å². The van der Waals surface area contributed by atoms with E-state index in [9.17, 15) is 0 Å². The summed E-state index contributed by atoms with van der Waals surface area (Å²) in [5.41, 5.74) is 2.18. The van der Waals surface area contributed by atoms with Crippen molar-refractivity contribution < 1.29 is 0 Å². The van der Waals surface area contributed by atoms with Gasteiger partial charge in [-0.25, -0.2) is 9.97 Å². The molecule has 0 spiro atoms. The third kappa shape index (κ3) is 5.97. The Kier molecular flexibility index (Phi) is 8.54. The van der Waals surface area contributed by atoms with Crippen molar-refractivity contribution in [1.82, 2.24) is 25.2 Å². The van der Waals surface area contributed by atoms with E-state index in [2.05, 4.69) is 47.2 Å². The molecule has 0 aliphatic carbocycles. The van der Waals surface area contributed by atoms with E-state index in [0.717, 1.165) is 55.0 Å². The molecule has 0 radical (unpaired) electrons. The molecular weight excluding hydrogens is 479 g/mol. The van der Waals surface area contributed by atoms with Gasteiger partial charge in [-0.15, -0.1) is 24.0 Å². The molecule has 0 unspecified atom stereocenters. The van der Waals surface area contributed by atoms with E-state index in [-0.39, 0.29) is 24.0 Å². The summed E-state index contributed by atoms with van der Waals surface area (Å²) in [6, 6.07) is 6.62. The number of aryl methyl sites for hydroxylation is 1. The second-order valence-corrected chi connectivity index (χ2v) is 7.47.